The molecule has 0 saturated heterocycles. The van der Waals surface area contributed by atoms with E-state index in [0.29, 0.717) is 5.69 Å². The van der Waals surface area contributed by atoms with Crippen molar-refractivity contribution in [3.8, 4) is 0 Å². The van der Waals surface area contributed by atoms with Gasteiger partial charge >= 0.3 is 5.97 Å². The normalized spacial score (nSPS) is 16.0. The van der Waals surface area contributed by atoms with E-state index in [1.54, 1.807) is 0 Å². The average molecular weight is 441 g/mol. The highest BCUT2D eigenvalue weighted by molar-refractivity contribution is 5.94. The van der Waals surface area contributed by atoms with Crippen molar-refractivity contribution in [3.05, 3.63) is 18.2 Å². The number of rotatable bonds is 12. The summed E-state index contributed by atoms with van der Waals surface area (Å²) < 4.78 is 0. The maximum atomic E-state index is 12.5. The molecule has 1 heterocycles. The molecular weight excluding hydrogens is 408 g/mol. The second-order valence-corrected chi connectivity index (χ2v) is 7.87. The Bertz CT molecular complexity index is 751. The second kappa shape index (κ2) is 12.0. The molecule has 0 bridgehead atoms. The molecule has 0 saturated carbocycles. The van der Waals surface area contributed by atoms with Gasteiger partial charge in [-0.2, -0.15) is 0 Å². The molecule has 1 aromatic heterocycles. The summed E-state index contributed by atoms with van der Waals surface area (Å²) >= 11 is 0. The van der Waals surface area contributed by atoms with Gasteiger partial charge in [0.1, 0.15) is 12.1 Å². The summed E-state index contributed by atoms with van der Waals surface area (Å²) in [7, 11) is 0. The first-order valence-electron chi connectivity index (χ1n) is 9.97. The number of carboxylic acid groups (broad SMARTS) is 1. The number of nitrogens with two attached hydrogens (primary N) is 1. The average Bonchev–Trinajstić information content (AvgIpc) is 3.17. The number of aliphatic carboxylic acids is 1. The van der Waals surface area contributed by atoms with E-state index in [9.17, 15) is 24.3 Å². The molecular formula is C19H32N6O6. The first kappa shape index (κ1) is 26.0. The van der Waals surface area contributed by atoms with Gasteiger partial charge in [-0.15, -0.1) is 0 Å². The van der Waals surface area contributed by atoms with Crippen molar-refractivity contribution in [1.29, 1.82) is 0 Å². The molecule has 5 atom stereocenters. The molecule has 1 rings (SSSR count). The van der Waals surface area contributed by atoms with Crippen molar-refractivity contribution in [1.82, 2.24) is 25.9 Å². The quantitative estimate of drug-likeness (QED) is 0.199. The van der Waals surface area contributed by atoms with Crippen LogP contribution in [-0.2, 0) is 25.6 Å². The van der Waals surface area contributed by atoms with Gasteiger partial charge in [-0.1, -0.05) is 13.8 Å². The minimum absolute atomic E-state index is 0.00129. The second-order valence-electron chi connectivity index (χ2n) is 7.87. The Hall–Kier alpha value is -2.99. The van der Waals surface area contributed by atoms with Crippen LogP contribution < -0.4 is 21.7 Å². The zero-order valence-electron chi connectivity index (χ0n) is 18.1. The van der Waals surface area contributed by atoms with Crippen LogP contribution in [0.5, 0.6) is 0 Å². The van der Waals surface area contributed by atoms with Gasteiger partial charge in [0.2, 0.25) is 17.7 Å². The van der Waals surface area contributed by atoms with E-state index >= 15 is 0 Å². The number of nitrogens with zero attached hydrogens (tertiary/aromatic N) is 1. The SMILES string of the molecule is CC(C)CC(NC(=O)C(C)NC(=O)C(N)Cc1cnc[nH]1)C(=O)NC(C(=O)O)C(C)O. The van der Waals surface area contributed by atoms with Gasteiger partial charge in [-0.25, -0.2) is 9.78 Å². The fourth-order valence-corrected chi connectivity index (χ4v) is 2.75. The molecule has 12 heteroatoms. The summed E-state index contributed by atoms with van der Waals surface area (Å²) in [4.78, 5) is 55.2. The minimum Gasteiger partial charge on any atom is -0.480 e. The number of amides is 3. The number of hydrogen-bond acceptors (Lipinski definition) is 7. The number of carbonyl (C=O) groups is 4. The van der Waals surface area contributed by atoms with Crippen LogP contribution in [0.1, 0.15) is 39.8 Å². The third kappa shape index (κ3) is 8.72. The lowest BCUT2D eigenvalue weighted by Gasteiger charge is -2.25. The summed E-state index contributed by atoms with van der Waals surface area (Å²) in [6.45, 7) is 6.33. The number of nitrogens with one attached hydrogen (secondary N) is 4. The molecule has 0 aliphatic heterocycles. The van der Waals surface area contributed by atoms with Crippen molar-refractivity contribution >= 4 is 23.7 Å². The Morgan fingerprint density at radius 2 is 1.71 bits per heavy atom. The summed E-state index contributed by atoms with van der Waals surface area (Å²) in [6.07, 6.45) is 2.10. The van der Waals surface area contributed by atoms with E-state index in [2.05, 4.69) is 25.9 Å². The monoisotopic (exact) mass is 440 g/mol. The zero-order valence-corrected chi connectivity index (χ0v) is 18.1. The molecule has 0 aliphatic rings. The number of carbonyl (C=O) groups excluding carboxylic acids is 3. The minimum atomic E-state index is -1.52. The number of H-pyrrole nitrogens is 1. The number of imidazole rings is 1. The third-order valence-electron chi connectivity index (χ3n) is 4.47. The maximum Gasteiger partial charge on any atom is 0.328 e. The lowest BCUT2D eigenvalue weighted by atomic mass is 10.0. The number of hydrogen-bond donors (Lipinski definition) is 7. The molecule has 0 fully saturated rings. The van der Waals surface area contributed by atoms with Crippen molar-refractivity contribution in [2.45, 2.75) is 70.8 Å². The first-order valence-corrected chi connectivity index (χ1v) is 9.97. The molecule has 3 amide bonds. The van der Waals surface area contributed by atoms with Crippen molar-refractivity contribution in [2.24, 2.45) is 11.7 Å². The molecule has 8 N–H and O–H groups in total. The predicted octanol–water partition coefficient (Wildman–Crippen LogP) is -1.73. The molecule has 1 aromatic rings. The van der Waals surface area contributed by atoms with Crippen LogP contribution in [0.3, 0.4) is 0 Å². The van der Waals surface area contributed by atoms with Crippen LogP contribution in [-0.4, -0.2) is 74.1 Å². The number of aliphatic hydroxyl groups is 1. The molecule has 0 aliphatic carbocycles. The van der Waals surface area contributed by atoms with Gasteiger partial charge in [0, 0.05) is 18.3 Å². The highest BCUT2D eigenvalue weighted by Gasteiger charge is 2.31. The maximum absolute atomic E-state index is 12.5. The van der Waals surface area contributed by atoms with Crippen LogP contribution in [0.2, 0.25) is 0 Å². The Morgan fingerprint density at radius 1 is 1.06 bits per heavy atom. The molecule has 0 aromatic carbocycles. The van der Waals surface area contributed by atoms with Crippen LogP contribution in [0.25, 0.3) is 0 Å². The number of aromatic nitrogens is 2. The largest absolute Gasteiger partial charge is 0.480 e. The number of aromatic amines is 1. The lowest BCUT2D eigenvalue weighted by molar-refractivity contribution is -0.145. The highest BCUT2D eigenvalue weighted by atomic mass is 16.4. The van der Waals surface area contributed by atoms with Gasteiger partial charge in [0.15, 0.2) is 6.04 Å². The van der Waals surface area contributed by atoms with E-state index < -0.39 is 54.0 Å². The van der Waals surface area contributed by atoms with Gasteiger partial charge in [-0.05, 0) is 26.2 Å². The van der Waals surface area contributed by atoms with E-state index in [4.69, 9.17) is 10.8 Å². The van der Waals surface area contributed by atoms with E-state index in [1.807, 2.05) is 13.8 Å². The molecule has 0 radical (unpaired) electrons. The topological polar surface area (TPSA) is 200 Å². The van der Waals surface area contributed by atoms with Gasteiger partial charge < -0.3 is 36.9 Å². The molecule has 0 spiro atoms. The number of carboxylic acids is 1. The van der Waals surface area contributed by atoms with Crippen molar-refractivity contribution in [2.75, 3.05) is 0 Å². The zero-order chi connectivity index (χ0) is 23.7. The molecule has 5 unspecified atom stereocenters. The van der Waals surface area contributed by atoms with Gasteiger partial charge in [0.05, 0.1) is 18.5 Å². The summed E-state index contributed by atoms with van der Waals surface area (Å²) in [5.41, 5.74) is 6.52. The van der Waals surface area contributed by atoms with Crippen LogP contribution in [0.15, 0.2) is 12.5 Å². The Labute approximate surface area is 180 Å². The summed E-state index contributed by atoms with van der Waals surface area (Å²) in [5.74, 6) is -3.33. The van der Waals surface area contributed by atoms with Crippen molar-refractivity contribution < 1.29 is 29.4 Å². The van der Waals surface area contributed by atoms with E-state index in [1.165, 1.54) is 26.4 Å². The predicted molar refractivity (Wildman–Crippen MR) is 111 cm³/mol. The van der Waals surface area contributed by atoms with E-state index in [0.717, 1.165) is 0 Å². The fourth-order valence-electron chi connectivity index (χ4n) is 2.75. The van der Waals surface area contributed by atoms with Gasteiger partial charge in [-0.3, -0.25) is 14.4 Å². The van der Waals surface area contributed by atoms with Crippen molar-refractivity contribution in [3.63, 3.8) is 0 Å². The van der Waals surface area contributed by atoms with E-state index in [-0.39, 0.29) is 18.8 Å². The first-order chi connectivity index (χ1) is 14.4. The summed E-state index contributed by atoms with van der Waals surface area (Å²) in [6, 6.07) is -4.47. The highest BCUT2D eigenvalue weighted by Crippen LogP contribution is 2.07. The number of aliphatic hydroxyl groups excluding tert-OH is 1. The molecule has 31 heavy (non-hydrogen) atoms. The van der Waals surface area contributed by atoms with Crippen LogP contribution in [0.4, 0.5) is 0 Å². The Morgan fingerprint density at radius 3 is 2.19 bits per heavy atom. The standard InChI is InChI=1S/C19H32N6O6/c1-9(2)5-14(18(29)25-15(11(4)26)19(30)31)24-16(27)10(3)23-17(28)13(20)6-12-7-21-8-22-12/h7-11,13-15,26H,5-6,20H2,1-4H3,(H,21,22)(H,23,28)(H,24,27)(H,25,29)(H,30,31). The lowest BCUT2D eigenvalue weighted by Crippen LogP contribution is -2.58. The summed E-state index contributed by atoms with van der Waals surface area (Å²) in [5, 5.41) is 25.9. The molecule has 12 nitrogen and oxygen atoms in total. The smallest absolute Gasteiger partial charge is 0.328 e. The fraction of sp³-hybridized carbons (Fsp3) is 0.632. The Balaban J connectivity index is 2.73. The van der Waals surface area contributed by atoms with Gasteiger partial charge in [0.25, 0.3) is 0 Å². The third-order valence-corrected chi connectivity index (χ3v) is 4.47. The molecule has 174 valence electrons. The van der Waals surface area contributed by atoms with Crippen LogP contribution >= 0.6 is 0 Å². The Kier molecular flexibility index (Phi) is 10.1. The van der Waals surface area contributed by atoms with Crippen LogP contribution in [0, 0.1) is 5.92 Å².